The molecule has 2 N–H and O–H groups in total. The van der Waals surface area contributed by atoms with E-state index in [1.54, 1.807) is 0 Å². The van der Waals surface area contributed by atoms with Crippen LogP contribution in [0.2, 0.25) is 5.02 Å². The van der Waals surface area contributed by atoms with E-state index >= 15 is 0 Å². The van der Waals surface area contributed by atoms with Crippen LogP contribution in [0.4, 0.5) is 5.69 Å². The van der Waals surface area contributed by atoms with Crippen LogP contribution in [0.5, 0.6) is 0 Å². The number of rotatable bonds is 3. The average molecular weight is 304 g/mol. The summed E-state index contributed by atoms with van der Waals surface area (Å²) >= 11 is 11.3. The van der Waals surface area contributed by atoms with Crippen molar-refractivity contribution in [3.05, 3.63) is 65.2 Å². The number of hydrogen-bond donors (Lipinski definition) is 2. The van der Waals surface area contributed by atoms with Crippen molar-refractivity contribution in [3.63, 3.8) is 0 Å². The second kappa shape index (κ2) is 7.03. The summed E-state index contributed by atoms with van der Waals surface area (Å²) in [6.45, 7) is 1.87. The topological polar surface area (TPSA) is 36.4 Å². The molecule has 3 nitrogen and oxygen atoms in total. The quantitative estimate of drug-likeness (QED) is 0.510. The number of hydrazone groups is 1. The normalized spacial score (nSPS) is 11.0. The Bertz CT molecular complexity index is 626. The maximum absolute atomic E-state index is 6.11. The zero-order chi connectivity index (χ0) is 14.4. The van der Waals surface area contributed by atoms with E-state index in [0.29, 0.717) is 10.1 Å². The first-order valence-corrected chi connectivity index (χ1v) is 6.86. The van der Waals surface area contributed by atoms with Crippen molar-refractivity contribution in [2.75, 3.05) is 5.32 Å². The van der Waals surface area contributed by atoms with Crippen LogP contribution < -0.4 is 10.7 Å². The van der Waals surface area contributed by atoms with Gasteiger partial charge in [-0.25, -0.2) is 0 Å². The molecule has 0 aliphatic rings. The lowest BCUT2D eigenvalue weighted by Crippen LogP contribution is -2.24. The Morgan fingerprint density at radius 1 is 1.05 bits per heavy atom. The molecule has 0 saturated carbocycles. The Hall–Kier alpha value is -1.91. The van der Waals surface area contributed by atoms with Gasteiger partial charge < -0.3 is 5.32 Å². The number of hydrogen-bond acceptors (Lipinski definition) is 2. The van der Waals surface area contributed by atoms with Crippen LogP contribution in [0.3, 0.4) is 0 Å². The summed E-state index contributed by atoms with van der Waals surface area (Å²) in [6.07, 6.45) is 0. The number of para-hydroxylation sites is 1. The molecule has 102 valence electrons. The van der Waals surface area contributed by atoms with E-state index in [4.69, 9.17) is 23.8 Å². The Morgan fingerprint density at radius 3 is 2.40 bits per heavy atom. The fourth-order valence-electron chi connectivity index (χ4n) is 1.63. The van der Waals surface area contributed by atoms with Crippen LogP contribution in [0, 0.1) is 0 Å². The fourth-order valence-corrected chi connectivity index (χ4v) is 2.07. The summed E-state index contributed by atoms with van der Waals surface area (Å²) in [6, 6.07) is 17.2. The van der Waals surface area contributed by atoms with Gasteiger partial charge in [0.15, 0.2) is 5.11 Å². The Kier molecular flexibility index (Phi) is 5.09. The molecule has 0 amide bonds. The molecule has 20 heavy (non-hydrogen) atoms. The molecule has 0 radical (unpaired) electrons. The first kappa shape index (κ1) is 14.5. The lowest BCUT2D eigenvalue weighted by Gasteiger charge is -2.08. The standard InChI is InChI=1S/C15H14ClN3S/c1-11(13-9-5-6-10-14(13)16)18-19-15(20)17-12-7-3-2-4-8-12/h2-10H,1H3,(H2,17,19,20)/b18-11+. The minimum atomic E-state index is 0.433. The second-order valence-corrected chi connectivity index (χ2v) is 4.92. The third-order valence-corrected chi connectivity index (χ3v) is 3.14. The number of halogens is 1. The van der Waals surface area contributed by atoms with Crippen LogP contribution in [-0.2, 0) is 0 Å². The maximum atomic E-state index is 6.11. The highest BCUT2D eigenvalue weighted by Crippen LogP contribution is 2.15. The van der Waals surface area contributed by atoms with Gasteiger partial charge in [0.1, 0.15) is 0 Å². The largest absolute Gasteiger partial charge is 0.331 e. The molecule has 0 bridgehead atoms. The highest BCUT2D eigenvalue weighted by molar-refractivity contribution is 7.80. The zero-order valence-corrected chi connectivity index (χ0v) is 12.5. The Morgan fingerprint density at radius 2 is 1.70 bits per heavy atom. The smallest absolute Gasteiger partial charge is 0.191 e. The molecule has 0 fully saturated rings. The maximum Gasteiger partial charge on any atom is 0.191 e. The third-order valence-electron chi connectivity index (χ3n) is 2.62. The number of nitrogens with zero attached hydrogens (tertiary/aromatic N) is 1. The number of nitrogens with one attached hydrogen (secondary N) is 2. The molecule has 0 aliphatic carbocycles. The summed E-state index contributed by atoms with van der Waals surface area (Å²) in [4.78, 5) is 0. The predicted molar refractivity (Wildman–Crippen MR) is 89.5 cm³/mol. The average Bonchev–Trinajstić information content (AvgIpc) is 2.46. The minimum Gasteiger partial charge on any atom is -0.331 e. The number of thiocarbonyl (C=S) groups is 1. The molecule has 0 saturated heterocycles. The number of benzene rings is 2. The second-order valence-electron chi connectivity index (χ2n) is 4.11. The van der Waals surface area contributed by atoms with Gasteiger partial charge in [0.05, 0.1) is 5.71 Å². The van der Waals surface area contributed by atoms with E-state index in [1.807, 2.05) is 61.5 Å². The van der Waals surface area contributed by atoms with Crippen LogP contribution >= 0.6 is 23.8 Å². The SMILES string of the molecule is C/C(=N\NC(=S)Nc1ccccc1)c1ccccc1Cl. The highest BCUT2D eigenvalue weighted by atomic mass is 35.5. The lowest BCUT2D eigenvalue weighted by atomic mass is 10.1. The van der Waals surface area contributed by atoms with Gasteiger partial charge in [-0.1, -0.05) is 48.0 Å². The summed E-state index contributed by atoms with van der Waals surface area (Å²) in [5, 5.41) is 8.37. The molecule has 2 aromatic carbocycles. The lowest BCUT2D eigenvalue weighted by molar-refractivity contribution is 1.04. The van der Waals surface area contributed by atoms with E-state index < -0.39 is 0 Å². The Labute approximate surface area is 128 Å². The van der Waals surface area contributed by atoms with Gasteiger partial charge in [0.25, 0.3) is 0 Å². The zero-order valence-electron chi connectivity index (χ0n) is 10.9. The molecule has 0 heterocycles. The molecule has 2 rings (SSSR count). The van der Waals surface area contributed by atoms with Crippen molar-refractivity contribution < 1.29 is 0 Å². The predicted octanol–water partition coefficient (Wildman–Crippen LogP) is 4.05. The molecule has 0 spiro atoms. The van der Waals surface area contributed by atoms with E-state index in [9.17, 15) is 0 Å². The van der Waals surface area contributed by atoms with Gasteiger partial charge in [0.2, 0.25) is 0 Å². The first-order valence-electron chi connectivity index (χ1n) is 6.08. The van der Waals surface area contributed by atoms with Crippen molar-refractivity contribution in [2.24, 2.45) is 5.10 Å². The molecule has 5 heteroatoms. The molecule has 0 atom stereocenters. The highest BCUT2D eigenvalue weighted by Gasteiger charge is 2.02. The van der Waals surface area contributed by atoms with Crippen molar-refractivity contribution in [1.82, 2.24) is 5.43 Å². The van der Waals surface area contributed by atoms with Crippen molar-refractivity contribution in [3.8, 4) is 0 Å². The molecular formula is C15H14ClN3S. The molecule has 0 aromatic heterocycles. The fraction of sp³-hybridized carbons (Fsp3) is 0.0667. The van der Waals surface area contributed by atoms with Crippen LogP contribution in [0.15, 0.2) is 59.7 Å². The van der Waals surface area contributed by atoms with Crippen molar-refractivity contribution >= 4 is 40.3 Å². The van der Waals surface area contributed by atoms with Gasteiger partial charge in [-0.15, -0.1) is 0 Å². The van der Waals surface area contributed by atoms with E-state index in [-0.39, 0.29) is 0 Å². The van der Waals surface area contributed by atoms with E-state index in [1.165, 1.54) is 0 Å². The summed E-state index contributed by atoms with van der Waals surface area (Å²) in [5.74, 6) is 0. The van der Waals surface area contributed by atoms with E-state index in [2.05, 4.69) is 15.8 Å². The number of anilines is 1. The van der Waals surface area contributed by atoms with Gasteiger partial charge in [-0.05, 0) is 37.3 Å². The van der Waals surface area contributed by atoms with Crippen molar-refractivity contribution in [2.45, 2.75) is 6.92 Å². The summed E-state index contributed by atoms with van der Waals surface area (Å²) < 4.78 is 0. The monoisotopic (exact) mass is 303 g/mol. The summed E-state index contributed by atoms with van der Waals surface area (Å²) in [7, 11) is 0. The minimum absolute atomic E-state index is 0.433. The molecule has 0 unspecified atom stereocenters. The van der Waals surface area contributed by atoms with Crippen LogP contribution in [-0.4, -0.2) is 10.8 Å². The molecule has 0 aliphatic heterocycles. The molecule has 2 aromatic rings. The van der Waals surface area contributed by atoms with E-state index in [0.717, 1.165) is 17.0 Å². The molecular weight excluding hydrogens is 290 g/mol. The van der Waals surface area contributed by atoms with Crippen LogP contribution in [0.25, 0.3) is 0 Å². The third kappa shape index (κ3) is 4.05. The van der Waals surface area contributed by atoms with Gasteiger partial charge in [0, 0.05) is 16.3 Å². The van der Waals surface area contributed by atoms with Gasteiger partial charge in [-0.2, -0.15) is 5.10 Å². The van der Waals surface area contributed by atoms with Crippen molar-refractivity contribution in [1.29, 1.82) is 0 Å². The van der Waals surface area contributed by atoms with Gasteiger partial charge >= 0.3 is 0 Å². The first-order chi connectivity index (χ1) is 9.66. The Balaban J connectivity index is 1.99. The van der Waals surface area contributed by atoms with Crippen LogP contribution in [0.1, 0.15) is 12.5 Å². The van der Waals surface area contributed by atoms with Gasteiger partial charge in [-0.3, -0.25) is 5.43 Å². The summed E-state index contributed by atoms with van der Waals surface area (Å²) in [5.41, 5.74) is 5.37.